The van der Waals surface area contributed by atoms with Crippen LogP contribution in [0.25, 0.3) is 5.70 Å². The van der Waals surface area contributed by atoms with Gasteiger partial charge in [0.25, 0.3) is 11.8 Å². The first-order chi connectivity index (χ1) is 16.7. The zero-order valence-electron chi connectivity index (χ0n) is 19.6. The van der Waals surface area contributed by atoms with Crippen molar-refractivity contribution in [1.82, 2.24) is 26.6 Å². The molecule has 0 heterocycles. The van der Waals surface area contributed by atoms with E-state index in [1.54, 1.807) is 49.5 Å². The average Bonchev–Trinajstić information content (AvgIpc) is 2.88. The number of amides is 4. The fourth-order valence-corrected chi connectivity index (χ4v) is 2.86. The highest BCUT2D eigenvalue weighted by Crippen LogP contribution is 2.10. The number of hydrogen-bond donors (Lipinski definition) is 5. The van der Waals surface area contributed by atoms with Gasteiger partial charge >= 0.3 is 0 Å². The van der Waals surface area contributed by atoms with Gasteiger partial charge in [-0.2, -0.15) is 0 Å². The molecular formula is C25H29N5O5. The van der Waals surface area contributed by atoms with E-state index in [2.05, 4.69) is 33.2 Å². The predicted octanol–water partition coefficient (Wildman–Crippen LogP) is 0.113. The molecule has 4 amide bonds. The molecule has 10 nitrogen and oxygen atoms in total. The van der Waals surface area contributed by atoms with Crippen LogP contribution in [-0.4, -0.2) is 55.6 Å². The van der Waals surface area contributed by atoms with Crippen molar-refractivity contribution in [3.8, 4) is 0 Å². The summed E-state index contributed by atoms with van der Waals surface area (Å²) in [4.78, 5) is 60.1. The zero-order chi connectivity index (χ0) is 25.8. The number of benzene rings is 2. The second-order valence-electron chi connectivity index (χ2n) is 7.59. The first kappa shape index (κ1) is 26.8. The number of nitrogens with one attached hydrogen (secondary N) is 5. The summed E-state index contributed by atoms with van der Waals surface area (Å²) in [5.41, 5.74) is 2.85. The topological polar surface area (TPSA) is 145 Å². The molecular weight excluding hydrogens is 450 g/mol. The van der Waals surface area contributed by atoms with Crippen LogP contribution in [0.3, 0.4) is 0 Å². The Bertz CT molecular complexity index is 1080. The fraction of sp³-hybridized carbons (Fsp3) is 0.240. The minimum atomic E-state index is -0.974. The van der Waals surface area contributed by atoms with Crippen LogP contribution >= 0.6 is 0 Å². The summed E-state index contributed by atoms with van der Waals surface area (Å²) < 4.78 is 0. The fourth-order valence-electron chi connectivity index (χ4n) is 2.86. The molecule has 2 aromatic carbocycles. The van der Waals surface area contributed by atoms with E-state index in [1.165, 1.54) is 6.92 Å². The number of ketones is 1. The summed E-state index contributed by atoms with van der Waals surface area (Å²) in [7, 11) is 1.77. The second kappa shape index (κ2) is 13.3. The van der Waals surface area contributed by atoms with Gasteiger partial charge in [-0.25, -0.2) is 0 Å². The van der Waals surface area contributed by atoms with Gasteiger partial charge in [0.05, 0.1) is 13.1 Å². The minimum Gasteiger partial charge on any atom is -0.388 e. The van der Waals surface area contributed by atoms with Gasteiger partial charge in [-0.05, 0) is 30.2 Å². The Morgan fingerprint density at radius 3 is 2.11 bits per heavy atom. The van der Waals surface area contributed by atoms with Crippen molar-refractivity contribution in [2.75, 3.05) is 20.1 Å². The summed E-state index contributed by atoms with van der Waals surface area (Å²) in [5.74, 6) is -3.31. The van der Waals surface area contributed by atoms with E-state index >= 15 is 0 Å². The highest BCUT2D eigenvalue weighted by molar-refractivity contribution is 6.37. The van der Waals surface area contributed by atoms with Crippen LogP contribution in [0.4, 0.5) is 0 Å². The van der Waals surface area contributed by atoms with E-state index in [4.69, 9.17) is 0 Å². The molecule has 0 aliphatic rings. The lowest BCUT2D eigenvalue weighted by molar-refractivity contribution is -0.138. The summed E-state index contributed by atoms with van der Waals surface area (Å²) in [6, 6.07) is 14.7. The third-order valence-electron chi connectivity index (χ3n) is 4.95. The summed E-state index contributed by atoms with van der Waals surface area (Å²) >= 11 is 0. The summed E-state index contributed by atoms with van der Waals surface area (Å²) in [6.07, 6.45) is 0. The van der Waals surface area contributed by atoms with Crippen molar-refractivity contribution in [3.05, 3.63) is 77.9 Å². The molecule has 10 heteroatoms. The van der Waals surface area contributed by atoms with Crippen LogP contribution in [0.5, 0.6) is 0 Å². The Kier molecular flexibility index (Phi) is 10.2. The first-order valence-corrected chi connectivity index (χ1v) is 10.9. The lowest BCUT2D eigenvalue weighted by atomic mass is 10.1. The Morgan fingerprint density at radius 1 is 0.829 bits per heavy atom. The third-order valence-corrected chi connectivity index (χ3v) is 4.95. The number of carbonyl (C=O) groups is 5. The number of rotatable bonds is 12. The monoisotopic (exact) mass is 479 g/mol. The smallest absolute Gasteiger partial charge is 0.289 e. The molecule has 0 unspecified atom stereocenters. The van der Waals surface area contributed by atoms with Gasteiger partial charge < -0.3 is 26.6 Å². The second-order valence-corrected chi connectivity index (χ2v) is 7.59. The van der Waals surface area contributed by atoms with Gasteiger partial charge in [0.2, 0.25) is 17.6 Å². The van der Waals surface area contributed by atoms with Gasteiger partial charge in [-0.15, -0.1) is 0 Å². The number of carbonyl (C=O) groups excluding carboxylic acids is 5. The molecule has 0 saturated heterocycles. The quantitative estimate of drug-likeness (QED) is 0.273. The highest BCUT2D eigenvalue weighted by Gasteiger charge is 2.19. The third kappa shape index (κ3) is 8.77. The van der Waals surface area contributed by atoms with E-state index in [1.807, 2.05) is 12.1 Å². The minimum absolute atomic E-state index is 0.145. The Hall–Kier alpha value is -4.47. The molecule has 0 radical (unpaired) electrons. The van der Waals surface area contributed by atoms with Crippen LogP contribution in [0, 0.1) is 0 Å². The van der Waals surface area contributed by atoms with Crippen molar-refractivity contribution in [2.45, 2.75) is 19.5 Å². The van der Waals surface area contributed by atoms with Crippen molar-refractivity contribution in [3.63, 3.8) is 0 Å². The largest absolute Gasteiger partial charge is 0.388 e. The maximum Gasteiger partial charge on any atom is 0.289 e. The molecule has 1 atom stereocenters. The van der Waals surface area contributed by atoms with E-state index in [0.29, 0.717) is 5.56 Å². The molecule has 0 aliphatic heterocycles. The molecule has 0 saturated carbocycles. The Balaban J connectivity index is 1.69. The lowest BCUT2D eigenvalue weighted by Gasteiger charge is -2.14. The highest BCUT2D eigenvalue weighted by atomic mass is 16.2. The Morgan fingerprint density at radius 2 is 1.49 bits per heavy atom. The average molecular weight is 480 g/mol. The molecule has 0 fully saturated rings. The van der Waals surface area contributed by atoms with E-state index in [0.717, 1.165) is 16.8 Å². The van der Waals surface area contributed by atoms with E-state index < -0.39 is 42.0 Å². The summed E-state index contributed by atoms with van der Waals surface area (Å²) in [5, 5.41) is 12.6. The first-order valence-electron chi connectivity index (χ1n) is 10.9. The molecule has 2 rings (SSSR count). The standard InChI is InChI=1S/C25H29N5O5/c1-16(26-3)19-11-9-18(10-12-19)13-27-25(35)21(31)14-28-23(33)17(2)30-22(32)15-29-24(34)20-7-5-4-6-8-20/h4-12,17,26H,1,13-15H2,2-3H3,(H,27,35)(H,28,33)(H,29,34)(H,30,32)/t17-/m0/s1. The number of hydrogen-bond acceptors (Lipinski definition) is 6. The van der Waals surface area contributed by atoms with E-state index in [9.17, 15) is 24.0 Å². The van der Waals surface area contributed by atoms with Gasteiger partial charge in [0.15, 0.2) is 0 Å². The zero-order valence-corrected chi connectivity index (χ0v) is 19.6. The molecule has 0 aromatic heterocycles. The van der Waals surface area contributed by atoms with Crippen molar-refractivity contribution >= 4 is 35.1 Å². The molecule has 184 valence electrons. The van der Waals surface area contributed by atoms with Crippen molar-refractivity contribution < 1.29 is 24.0 Å². The lowest BCUT2D eigenvalue weighted by Crippen LogP contribution is -2.49. The van der Waals surface area contributed by atoms with Gasteiger partial charge in [0, 0.05) is 24.9 Å². The molecule has 0 bridgehead atoms. The SMILES string of the molecule is C=C(NC)c1ccc(CNC(=O)C(=O)CNC(=O)[C@H](C)NC(=O)CNC(=O)c2ccccc2)cc1. The summed E-state index contributed by atoms with van der Waals surface area (Å²) in [6.45, 7) is 4.59. The maximum absolute atomic E-state index is 12.1. The molecule has 2 aromatic rings. The van der Waals surface area contributed by atoms with Crippen LogP contribution in [0.1, 0.15) is 28.4 Å². The maximum atomic E-state index is 12.1. The van der Waals surface area contributed by atoms with Gasteiger partial charge in [0.1, 0.15) is 6.04 Å². The van der Waals surface area contributed by atoms with Crippen LogP contribution in [0.15, 0.2) is 61.2 Å². The molecule has 5 N–H and O–H groups in total. The van der Waals surface area contributed by atoms with Crippen LogP contribution in [0.2, 0.25) is 0 Å². The normalized spacial score (nSPS) is 10.9. The van der Waals surface area contributed by atoms with Crippen LogP contribution < -0.4 is 26.6 Å². The van der Waals surface area contributed by atoms with Gasteiger partial charge in [-0.3, -0.25) is 24.0 Å². The van der Waals surface area contributed by atoms with E-state index in [-0.39, 0.29) is 13.1 Å². The Labute approximate surface area is 203 Å². The molecule has 0 spiro atoms. The number of Topliss-reactive ketones (excluding diaryl/α,β-unsaturated/α-hetero) is 1. The van der Waals surface area contributed by atoms with Crippen LogP contribution in [-0.2, 0) is 25.7 Å². The van der Waals surface area contributed by atoms with Crippen molar-refractivity contribution in [1.29, 1.82) is 0 Å². The van der Waals surface area contributed by atoms with Gasteiger partial charge in [-0.1, -0.05) is 49.0 Å². The molecule has 0 aliphatic carbocycles. The molecule has 35 heavy (non-hydrogen) atoms. The van der Waals surface area contributed by atoms with Crippen molar-refractivity contribution in [2.24, 2.45) is 0 Å². The predicted molar refractivity (Wildman–Crippen MR) is 131 cm³/mol.